The van der Waals surface area contributed by atoms with Crippen molar-refractivity contribution in [2.75, 3.05) is 22.1 Å². The highest BCUT2D eigenvalue weighted by Gasteiger charge is 2.33. The second-order valence-corrected chi connectivity index (χ2v) is 7.45. The first-order chi connectivity index (χ1) is 11.6. The molecule has 5 nitrogen and oxygen atoms in total. The molecule has 1 aliphatic carbocycles. The zero-order chi connectivity index (χ0) is 16.7. The van der Waals surface area contributed by atoms with E-state index < -0.39 is 0 Å². The number of nitrogens with two attached hydrogens (primary N) is 1. The van der Waals surface area contributed by atoms with Crippen LogP contribution < -0.4 is 15.5 Å². The molecular formula is C18H22N4OS. The van der Waals surface area contributed by atoms with Crippen molar-refractivity contribution in [3.8, 4) is 0 Å². The Kier molecular flexibility index (Phi) is 3.92. The van der Waals surface area contributed by atoms with Crippen molar-refractivity contribution >= 4 is 33.8 Å². The lowest BCUT2D eigenvalue weighted by atomic mass is 10.00. The number of amides is 1. The van der Waals surface area contributed by atoms with Gasteiger partial charge in [-0.1, -0.05) is 6.07 Å². The van der Waals surface area contributed by atoms with Gasteiger partial charge in [0.2, 0.25) is 5.91 Å². The second kappa shape index (κ2) is 6.09. The van der Waals surface area contributed by atoms with E-state index in [-0.39, 0.29) is 5.91 Å². The van der Waals surface area contributed by atoms with Crippen LogP contribution in [0.1, 0.15) is 37.4 Å². The number of rotatable bonds is 4. The molecule has 0 radical (unpaired) electrons. The number of thiazole rings is 1. The number of aromatic nitrogens is 1. The van der Waals surface area contributed by atoms with Crippen molar-refractivity contribution in [3.63, 3.8) is 0 Å². The Hall–Kier alpha value is -2.08. The van der Waals surface area contributed by atoms with E-state index in [9.17, 15) is 4.79 Å². The standard InChI is InChI=1S/C18H22N4OS/c1-12(23)22(14-7-8-14)18-20-13(11-24-18)10-21-9-3-4-15-16(19)5-2-6-17(15)21/h2,5-6,11,14H,3-4,7-10,19H2,1H3. The predicted molar refractivity (Wildman–Crippen MR) is 98.5 cm³/mol. The molecule has 4 rings (SSSR count). The molecule has 1 aromatic carbocycles. The van der Waals surface area contributed by atoms with E-state index in [1.807, 2.05) is 17.0 Å². The minimum atomic E-state index is 0.0921. The van der Waals surface area contributed by atoms with Gasteiger partial charge in [-0.05, 0) is 43.4 Å². The van der Waals surface area contributed by atoms with E-state index in [1.165, 1.54) is 11.3 Å². The Morgan fingerprint density at radius 2 is 2.29 bits per heavy atom. The summed E-state index contributed by atoms with van der Waals surface area (Å²) in [5.74, 6) is 0.0921. The normalized spacial score (nSPS) is 16.8. The van der Waals surface area contributed by atoms with Gasteiger partial charge in [0.1, 0.15) is 0 Å². The molecule has 1 amide bonds. The highest BCUT2D eigenvalue weighted by molar-refractivity contribution is 7.14. The molecule has 2 N–H and O–H groups in total. The van der Waals surface area contributed by atoms with Gasteiger partial charge >= 0.3 is 0 Å². The SMILES string of the molecule is CC(=O)N(c1nc(CN2CCCc3c(N)cccc32)cs1)C1CC1. The van der Waals surface area contributed by atoms with Crippen molar-refractivity contribution in [1.82, 2.24) is 4.98 Å². The smallest absolute Gasteiger partial charge is 0.225 e. The highest BCUT2D eigenvalue weighted by atomic mass is 32.1. The van der Waals surface area contributed by atoms with Gasteiger partial charge in [-0.25, -0.2) is 4.98 Å². The summed E-state index contributed by atoms with van der Waals surface area (Å²) in [6.07, 6.45) is 4.33. The summed E-state index contributed by atoms with van der Waals surface area (Å²) in [5.41, 5.74) is 10.5. The first-order valence-electron chi connectivity index (χ1n) is 8.50. The third-order valence-electron chi connectivity index (χ3n) is 4.73. The third-order valence-corrected chi connectivity index (χ3v) is 5.62. The van der Waals surface area contributed by atoms with Gasteiger partial charge in [0.25, 0.3) is 0 Å². The number of carbonyl (C=O) groups excluding carboxylic acids is 1. The number of carbonyl (C=O) groups is 1. The lowest BCUT2D eigenvalue weighted by Gasteiger charge is -2.31. The molecule has 6 heteroatoms. The lowest BCUT2D eigenvalue weighted by molar-refractivity contribution is -0.116. The van der Waals surface area contributed by atoms with Crippen molar-refractivity contribution in [2.45, 2.75) is 45.2 Å². The molecular weight excluding hydrogens is 320 g/mol. The summed E-state index contributed by atoms with van der Waals surface area (Å²) >= 11 is 1.57. The minimum Gasteiger partial charge on any atom is -0.398 e. The number of anilines is 3. The number of fused-ring (bicyclic) bond motifs is 1. The summed E-state index contributed by atoms with van der Waals surface area (Å²) in [7, 11) is 0. The average molecular weight is 342 g/mol. The van der Waals surface area contributed by atoms with E-state index in [2.05, 4.69) is 16.3 Å². The summed E-state index contributed by atoms with van der Waals surface area (Å²) in [4.78, 5) is 20.8. The van der Waals surface area contributed by atoms with Crippen LogP contribution in [0.15, 0.2) is 23.6 Å². The van der Waals surface area contributed by atoms with Gasteiger partial charge in [-0.2, -0.15) is 0 Å². The molecule has 126 valence electrons. The Morgan fingerprint density at radius 3 is 3.04 bits per heavy atom. The van der Waals surface area contributed by atoms with Gasteiger partial charge in [0.15, 0.2) is 5.13 Å². The van der Waals surface area contributed by atoms with Crippen LogP contribution in [0, 0.1) is 0 Å². The number of nitrogen functional groups attached to an aromatic ring is 1. The van der Waals surface area contributed by atoms with Crippen molar-refractivity contribution in [1.29, 1.82) is 0 Å². The number of hydrogen-bond acceptors (Lipinski definition) is 5. The zero-order valence-electron chi connectivity index (χ0n) is 13.9. The molecule has 2 heterocycles. The number of nitrogens with zero attached hydrogens (tertiary/aromatic N) is 3. The van der Waals surface area contributed by atoms with Crippen molar-refractivity contribution in [3.05, 3.63) is 34.8 Å². The quantitative estimate of drug-likeness (QED) is 0.867. The van der Waals surface area contributed by atoms with Crippen LogP contribution in [0.2, 0.25) is 0 Å². The van der Waals surface area contributed by atoms with Crippen LogP contribution in [0.4, 0.5) is 16.5 Å². The van der Waals surface area contributed by atoms with E-state index in [0.29, 0.717) is 6.04 Å². The Labute approximate surface area is 146 Å². The lowest BCUT2D eigenvalue weighted by Crippen LogP contribution is -2.31. The van der Waals surface area contributed by atoms with Gasteiger partial charge < -0.3 is 10.6 Å². The van der Waals surface area contributed by atoms with Gasteiger partial charge in [-0.15, -0.1) is 11.3 Å². The molecule has 0 unspecified atom stereocenters. The van der Waals surface area contributed by atoms with Crippen LogP contribution in [0.5, 0.6) is 0 Å². The van der Waals surface area contributed by atoms with E-state index in [4.69, 9.17) is 10.7 Å². The third kappa shape index (κ3) is 2.86. The van der Waals surface area contributed by atoms with Crippen LogP contribution in [0.25, 0.3) is 0 Å². The van der Waals surface area contributed by atoms with E-state index in [0.717, 1.165) is 55.3 Å². The largest absolute Gasteiger partial charge is 0.398 e. The van der Waals surface area contributed by atoms with Crippen molar-refractivity contribution < 1.29 is 4.79 Å². The van der Waals surface area contributed by atoms with Crippen LogP contribution in [0.3, 0.4) is 0 Å². The molecule has 0 bridgehead atoms. The molecule has 0 atom stereocenters. The number of benzene rings is 1. The minimum absolute atomic E-state index is 0.0921. The first-order valence-corrected chi connectivity index (χ1v) is 9.38. The fourth-order valence-corrected chi connectivity index (χ4v) is 4.38. The topological polar surface area (TPSA) is 62.5 Å². The maximum absolute atomic E-state index is 11.9. The fraction of sp³-hybridized carbons (Fsp3) is 0.444. The summed E-state index contributed by atoms with van der Waals surface area (Å²) in [6, 6.07) is 6.49. The van der Waals surface area contributed by atoms with E-state index in [1.54, 1.807) is 18.3 Å². The first kappa shape index (κ1) is 15.4. The van der Waals surface area contributed by atoms with Gasteiger partial charge in [0, 0.05) is 36.3 Å². The fourth-order valence-electron chi connectivity index (χ4n) is 3.45. The van der Waals surface area contributed by atoms with Gasteiger partial charge in [-0.3, -0.25) is 9.69 Å². The highest BCUT2D eigenvalue weighted by Crippen LogP contribution is 2.35. The van der Waals surface area contributed by atoms with Crippen LogP contribution in [-0.2, 0) is 17.8 Å². The predicted octanol–water partition coefficient (Wildman–Crippen LogP) is 3.19. The Bertz CT molecular complexity index is 768. The number of hydrogen-bond donors (Lipinski definition) is 1. The zero-order valence-corrected chi connectivity index (χ0v) is 14.7. The van der Waals surface area contributed by atoms with E-state index >= 15 is 0 Å². The summed E-state index contributed by atoms with van der Waals surface area (Å²) in [5, 5.41) is 2.92. The average Bonchev–Trinajstić information content (AvgIpc) is 3.28. The summed E-state index contributed by atoms with van der Waals surface area (Å²) in [6.45, 7) is 3.41. The molecule has 0 spiro atoms. The molecule has 1 fully saturated rings. The second-order valence-electron chi connectivity index (χ2n) is 6.61. The maximum atomic E-state index is 11.9. The maximum Gasteiger partial charge on any atom is 0.225 e. The molecule has 2 aliphatic rings. The molecule has 2 aromatic rings. The molecule has 1 aliphatic heterocycles. The Balaban J connectivity index is 1.55. The van der Waals surface area contributed by atoms with Gasteiger partial charge in [0.05, 0.1) is 12.2 Å². The van der Waals surface area contributed by atoms with Crippen LogP contribution in [-0.4, -0.2) is 23.5 Å². The van der Waals surface area contributed by atoms with Crippen LogP contribution >= 0.6 is 11.3 Å². The van der Waals surface area contributed by atoms with Crippen molar-refractivity contribution in [2.24, 2.45) is 0 Å². The molecule has 1 aromatic heterocycles. The Morgan fingerprint density at radius 1 is 1.46 bits per heavy atom. The molecule has 0 saturated heterocycles. The molecule has 24 heavy (non-hydrogen) atoms. The summed E-state index contributed by atoms with van der Waals surface area (Å²) < 4.78 is 0. The monoisotopic (exact) mass is 342 g/mol. The molecule has 1 saturated carbocycles.